The van der Waals surface area contributed by atoms with Crippen LogP contribution in [0.3, 0.4) is 0 Å². The minimum atomic E-state index is -1.37. The van der Waals surface area contributed by atoms with Gasteiger partial charge in [0.2, 0.25) is 0 Å². The van der Waals surface area contributed by atoms with Crippen LogP contribution in [0.1, 0.15) is 41.4 Å². The Morgan fingerprint density at radius 2 is 0.929 bits per heavy atom. The molecule has 0 aliphatic rings. The molecule has 0 fully saturated rings. The molecule has 8 heteroatoms. The van der Waals surface area contributed by atoms with Crippen molar-refractivity contribution in [3.05, 3.63) is 144 Å². The van der Waals surface area contributed by atoms with E-state index in [1.807, 2.05) is 6.07 Å². The number of ether oxygens (including phenoxy) is 2. The summed E-state index contributed by atoms with van der Waals surface area (Å²) in [5.41, 5.74) is 2.33. The van der Waals surface area contributed by atoms with Gasteiger partial charge in [0.25, 0.3) is 0 Å². The second kappa shape index (κ2) is 12.0. The Kier molecular flexibility index (Phi) is 7.88. The van der Waals surface area contributed by atoms with Crippen LogP contribution in [-0.2, 0) is 0 Å². The van der Waals surface area contributed by atoms with Gasteiger partial charge in [-0.05, 0) is 82.4 Å². The van der Waals surface area contributed by atoms with Crippen molar-refractivity contribution in [2.24, 2.45) is 0 Å². The lowest BCUT2D eigenvalue weighted by atomic mass is 9.97. The summed E-state index contributed by atoms with van der Waals surface area (Å²) in [6, 6.07) is 31.6. The lowest BCUT2D eigenvalue weighted by molar-refractivity contribution is -0.255. The lowest BCUT2D eigenvalue weighted by Gasteiger charge is -2.13. The highest BCUT2D eigenvalue weighted by Crippen LogP contribution is 2.29. The molecule has 0 aliphatic heterocycles. The van der Waals surface area contributed by atoms with Gasteiger partial charge in [0, 0.05) is 0 Å². The van der Waals surface area contributed by atoms with E-state index in [9.17, 15) is 29.4 Å². The maximum Gasteiger partial charge on any atom is 0.344 e. The fraction of sp³-hybridized carbons (Fsp3) is 0. The molecule has 5 rings (SSSR count). The molecule has 42 heavy (non-hydrogen) atoms. The minimum absolute atomic E-state index is 0.0289. The van der Waals surface area contributed by atoms with E-state index >= 15 is 0 Å². The summed E-state index contributed by atoms with van der Waals surface area (Å²) in [6.45, 7) is 0. The molecule has 0 bridgehead atoms. The minimum Gasteiger partial charge on any atom is -0.545 e. The summed E-state index contributed by atoms with van der Waals surface area (Å²) in [7, 11) is 0. The fourth-order valence-corrected chi connectivity index (χ4v) is 4.32. The van der Waals surface area contributed by atoms with Gasteiger partial charge in [0.05, 0.1) is 22.7 Å². The number of carboxylic acid groups (broad SMARTS) is 2. The number of hydrogen-bond acceptors (Lipinski definition) is 7. The Labute approximate surface area is 240 Å². The average molecular weight is 558 g/mol. The molecule has 0 aromatic heterocycles. The van der Waals surface area contributed by atoms with Crippen LogP contribution in [-0.4, -0.2) is 29.0 Å². The number of benzene rings is 5. The van der Waals surface area contributed by atoms with Gasteiger partial charge in [0.15, 0.2) is 0 Å². The number of carboxylic acids is 2. The van der Waals surface area contributed by atoms with E-state index in [-0.39, 0.29) is 33.8 Å². The normalized spacial score (nSPS) is 10.5. The molecule has 0 radical (unpaired) electrons. The summed E-state index contributed by atoms with van der Waals surface area (Å²) < 4.78 is 11.1. The Morgan fingerprint density at radius 3 is 1.33 bits per heavy atom. The molecule has 206 valence electrons. The van der Waals surface area contributed by atoms with E-state index in [1.165, 1.54) is 60.7 Å². The van der Waals surface area contributed by atoms with Crippen LogP contribution in [0.4, 0.5) is 0 Å². The van der Waals surface area contributed by atoms with Crippen molar-refractivity contribution in [3.63, 3.8) is 0 Å². The van der Waals surface area contributed by atoms with Crippen molar-refractivity contribution in [3.8, 4) is 33.8 Å². The molecule has 1 N–H and O–H groups in total. The maximum absolute atomic E-state index is 13.1. The van der Waals surface area contributed by atoms with E-state index in [1.54, 1.807) is 54.6 Å². The third-order valence-corrected chi connectivity index (χ3v) is 6.38. The predicted molar refractivity (Wildman–Crippen MR) is 151 cm³/mol. The van der Waals surface area contributed by atoms with E-state index in [4.69, 9.17) is 9.47 Å². The highest BCUT2D eigenvalue weighted by molar-refractivity contribution is 6.02. The van der Waals surface area contributed by atoms with Gasteiger partial charge >= 0.3 is 17.9 Å². The van der Waals surface area contributed by atoms with Gasteiger partial charge < -0.3 is 24.5 Å². The quantitative estimate of drug-likeness (QED) is 0.195. The number of esters is 2. The molecule has 8 nitrogen and oxygen atoms in total. The summed E-state index contributed by atoms with van der Waals surface area (Å²) >= 11 is 0. The first-order valence-electron chi connectivity index (χ1n) is 12.7. The van der Waals surface area contributed by atoms with Crippen molar-refractivity contribution in [1.82, 2.24) is 0 Å². The lowest BCUT2D eigenvalue weighted by Crippen LogP contribution is -2.22. The molecule has 0 heterocycles. The first-order valence-corrected chi connectivity index (χ1v) is 12.7. The molecule has 0 saturated heterocycles. The number of hydrogen-bond donors (Lipinski definition) is 1. The zero-order valence-electron chi connectivity index (χ0n) is 21.9. The van der Waals surface area contributed by atoms with Crippen molar-refractivity contribution < 1.29 is 38.9 Å². The SMILES string of the molecule is O=C([O-])c1ccc(C(=O)Oc2ccc(OC(=O)c3ccc(C(=O)O)cc3-c3ccccc3)cc2)c(-c2ccccc2)c1. The van der Waals surface area contributed by atoms with E-state index in [0.29, 0.717) is 22.3 Å². The fourth-order valence-electron chi connectivity index (χ4n) is 4.32. The largest absolute Gasteiger partial charge is 0.545 e. The van der Waals surface area contributed by atoms with E-state index < -0.39 is 23.9 Å². The maximum atomic E-state index is 13.1. The van der Waals surface area contributed by atoms with Crippen molar-refractivity contribution in [1.29, 1.82) is 0 Å². The zero-order valence-corrected chi connectivity index (χ0v) is 21.9. The molecule has 0 aliphatic carbocycles. The zero-order chi connectivity index (χ0) is 29.6. The first kappa shape index (κ1) is 27.5. The Morgan fingerprint density at radius 1 is 0.524 bits per heavy atom. The molecule has 5 aromatic rings. The van der Waals surface area contributed by atoms with Crippen LogP contribution in [0.15, 0.2) is 121 Å². The van der Waals surface area contributed by atoms with Gasteiger partial charge in [-0.15, -0.1) is 0 Å². The van der Waals surface area contributed by atoms with Gasteiger partial charge in [-0.3, -0.25) is 0 Å². The second-order valence-electron chi connectivity index (χ2n) is 9.10. The summed E-state index contributed by atoms with van der Waals surface area (Å²) in [6.07, 6.45) is 0. The van der Waals surface area contributed by atoms with Crippen molar-refractivity contribution in [2.45, 2.75) is 0 Å². The summed E-state index contributed by atoms with van der Waals surface area (Å²) in [5.74, 6) is -3.57. The number of carbonyl (C=O) groups excluding carboxylic acids is 3. The summed E-state index contributed by atoms with van der Waals surface area (Å²) in [4.78, 5) is 49.1. The number of rotatable bonds is 8. The first-order chi connectivity index (χ1) is 20.3. The van der Waals surface area contributed by atoms with Crippen molar-refractivity contribution >= 4 is 23.9 Å². The van der Waals surface area contributed by atoms with E-state index in [2.05, 4.69) is 0 Å². The van der Waals surface area contributed by atoms with Gasteiger partial charge in [-0.1, -0.05) is 66.7 Å². The molecule has 0 saturated carbocycles. The smallest absolute Gasteiger partial charge is 0.344 e. The highest BCUT2D eigenvalue weighted by atomic mass is 16.5. The molecular formula is C34H21O8-. The number of carbonyl (C=O) groups is 4. The average Bonchev–Trinajstić information content (AvgIpc) is 3.02. The highest BCUT2D eigenvalue weighted by Gasteiger charge is 2.19. The predicted octanol–water partition coefficient (Wildman–Crippen LogP) is 5.52. The van der Waals surface area contributed by atoms with Crippen molar-refractivity contribution in [2.75, 3.05) is 0 Å². The number of aromatic carboxylic acids is 2. The van der Waals surface area contributed by atoms with Gasteiger partial charge in [0.1, 0.15) is 11.5 Å². The third kappa shape index (κ3) is 6.08. The third-order valence-electron chi connectivity index (χ3n) is 6.38. The van der Waals surface area contributed by atoms with Crippen LogP contribution >= 0.6 is 0 Å². The molecular weight excluding hydrogens is 536 g/mol. The molecule has 0 spiro atoms. The standard InChI is InChI=1S/C34H22O8/c35-31(36)23-11-17-27(29(19-23)21-7-3-1-4-8-21)33(39)41-25-13-15-26(16-14-25)42-34(40)28-18-12-24(32(37)38)20-30(28)22-9-5-2-6-10-22/h1-20H,(H,35,36)(H,37,38)/p-1. The van der Waals surface area contributed by atoms with Crippen LogP contribution in [0.2, 0.25) is 0 Å². The molecule has 0 atom stereocenters. The topological polar surface area (TPSA) is 130 Å². The van der Waals surface area contributed by atoms with Crippen LogP contribution in [0.25, 0.3) is 22.3 Å². The molecule has 5 aromatic carbocycles. The van der Waals surface area contributed by atoms with Crippen LogP contribution in [0, 0.1) is 0 Å². The Hall–Kier alpha value is -6.02. The molecule has 0 unspecified atom stereocenters. The monoisotopic (exact) mass is 557 g/mol. The van der Waals surface area contributed by atoms with Gasteiger partial charge in [-0.2, -0.15) is 0 Å². The van der Waals surface area contributed by atoms with Crippen LogP contribution in [0.5, 0.6) is 11.5 Å². The van der Waals surface area contributed by atoms with E-state index in [0.717, 1.165) is 0 Å². The Balaban J connectivity index is 1.35. The second-order valence-corrected chi connectivity index (χ2v) is 9.10. The molecule has 0 amide bonds. The summed E-state index contributed by atoms with van der Waals surface area (Å²) in [5, 5.41) is 20.8. The van der Waals surface area contributed by atoms with Gasteiger partial charge in [-0.25, -0.2) is 14.4 Å². The Bertz CT molecular complexity index is 1660. The van der Waals surface area contributed by atoms with Crippen LogP contribution < -0.4 is 14.6 Å².